The Balaban J connectivity index is 2.41. The fraction of sp³-hybridized carbons (Fsp3) is 0.188. The first-order chi connectivity index (χ1) is 8.91. The molecule has 98 valence electrons. The molecule has 0 aromatic heterocycles. The van der Waals surface area contributed by atoms with Crippen molar-refractivity contribution >= 4 is 11.7 Å². The molecule has 0 amide bonds. The first kappa shape index (κ1) is 13.1. The molecule has 0 saturated heterocycles. The molecule has 3 N–H and O–H groups in total. The lowest BCUT2D eigenvalue weighted by Crippen LogP contribution is -2.19. The van der Waals surface area contributed by atoms with Crippen LogP contribution in [-0.2, 0) is 5.41 Å². The van der Waals surface area contributed by atoms with Gasteiger partial charge in [-0.2, -0.15) is 0 Å². The van der Waals surface area contributed by atoms with Crippen LogP contribution < -0.4 is 5.73 Å². The number of carboxylic acid groups (broad SMARTS) is 1. The Hall–Kier alpha value is -2.29. The van der Waals surface area contributed by atoms with Crippen LogP contribution in [-0.4, -0.2) is 11.1 Å². The number of nitrogens with two attached hydrogens (primary N) is 1. The average Bonchev–Trinajstić information content (AvgIpc) is 2.39. The molecule has 0 aliphatic rings. The molecule has 2 aromatic carbocycles. The molecule has 0 spiro atoms. The van der Waals surface area contributed by atoms with Crippen molar-refractivity contribution in [3.05, 3.63) is 65.2 Å². The second kappa shape index (κ2) is 4.76. The molecule has 19 heavy (non-hydrogen) atoms. The molecule has 0 fully saturated rings. The third kappa shape index (κ3) is 2.60. The van der Waals surface area contributed by atoms with Gasteiger partial charge in [0.15, 0.2) is 0 Å². The summed E-state index contributed by atoms with van der Waals surface area (Å²) in [7, 11) is 0. The van der Waals surface area contributed by atoms with Gasteiger partial charge in [0.05, 0.1) is 5.56 Å². The number of carboxylic acids is 1. The van der Waals surface area contributed by atoms with E-state index in [0.717, 1.165) is 16.8 Å². The molecule has 0 bridgehead atoms. The number of hydrogen-bond acceptors (Lipinski definition) is 2. The minimum Gasteiger partial charge on any atom is -0.478 e. The zero-order valence-corrected chi connectivity index (χ0v) is 11.1. The summed E-state index contributed by atoms with van der Waals surface area (Å²) >= 11 is 0. The van der Waals surface area contributed by atoms with Gasteiger partial charge in [-0.05, 0) is 35.4 Å². The standard InChI is InChI=1S/C16H17NO2/c1-16(2,13-4-3-5-14(17)10-13)12-8-6-11(7-9-12)15(18)19/h3-10H,17H2,1-2H3,(H,18,19). The van der Waals surface area contributed by atoms with Gasteiger partial charge in [-0.1, -0.05) is 38.1 Å². The summed E-state index contributed by atoms with van der Waals surface area (Å²) in [5.41, 5.74) is 8.80. The molecule has 0 aliphatic carbocycles. The second-order valence-electron chi connectivity index (χ2n) is 5.13. The average molecular weight is 255 g/mol. The lowest BCUT2D eigenvalue weighted by molar-refractivity contribution is 0.0697. The zero-order chi connectivity index (χ0) is 14.0. The van der Waals surface area contributed by atoms with Crippen molar-refractivity contribution in [2.24, 2.45) is 0 Å². The van der Waals surface area contributed by atoms with Crippen LogP contribution in [0.2, 0.25) is 0 Å². The van der Waals surface area contributed by atoms with E-state index in [1.807, 2.05) is 36.4 Å². The van der Waals surface area contributed by atoms with Gasteiger partial charge in [-0.15, -0.1) is 0 Å². The maximum atomic E-state index is 10.9. The van der Waals surface area contributed by atoms with Crippen LogP contribution in [0.4, 0.5) is 5.69 Å². The smallest absolute Gasteiger partial charge is 0.335 e. The van der Waals surface area contributed by atoms with Crippen LogP contribution in [0, 0.1) is 0 Å². The minimum absolute atomic E-state index is 0.216. The highest BCUT2D eigenvalue weighted by Gasteiger charge is 2.23. The molecule has 0 unspecified atom stereocenters. The second-order valence-corrected chi connectivity index (χ2v) is 5.13. The molecule has 0 aliphatic heterocycles. The lowest BCUT2D eigenvalue weighted by Gasteiger charge is -2.26. The number of rotatable bonds is 3. The van der Waals surface area contributed by atoms with E-state index in [2.05, 4.69) is 13.8 Å². The van der Waals surface area contributed by atoms with Gasteiger partial charge in [0.25, 0.3) is 0 Å². The van der Waals surface area contributed by atoms with Crippen molar-refractivity contribution < 1.29 is 9.90 Å². The van der Waals surface area contributed by atoms with Crippen molar-refractivity contribution in [2.75, 3.05) is 5.73 Å². The topological polar surface area (TPSA) is 63.3 Å². The summed E-state index contributed by atoms with van der Waals surface area (Å²) < 4.78 is 0. The zero-order valence-electron chi connectivity index (χ0n) is 11.1. The predicted octanol–water partition coefficient (Wildman–Crippen LogP) is 3.29. The first-order valence-electron chi connectivity index (χ1n) is 6.11. The van der Waals surface area contributed by atoms with Gasteiger partial charge in [-0.3, -0.25) is 0 Å². The van der Waals surface area contributed by atoms with Gasteiger partial charge >= 0.3 is 5.97 Å². The molecule has 0 radical (unpaired) electrons. The number of carbonyl (C=O) groups is 1. The predicted molar refractivity (Wildman–Crippen MR) is 76.4 cm³/mol. The van der Waals surface area contributed by atoms with E-state index in [1.165, 1.54) is 0 Å². The largest absolute Gasteiger partial charge is 0.478 e. The monoisotopic (exact) mass is 255 g/mol. The summed E-state index contributed by atoms with van der Waals surface area (Å²) in [4.78, 5) is 10.9. The summed E-state index contributed by atoms with van der Waals surface area (Å²) in [5.74, 6) is -0.909. The number of anilines is 1. The van der Waals surface area contributed by atoms with E-state index in [1.54, 1.807) is 12.1 Å². The fourth-order valence-corrected chi connectivity index (χ4v) is 2.12. The van der Waals surface area contributed by atoms with Crippen LogP contribution in [0.3, 0.4) is 0 Å². The third-order valence-electron chi connectivity index (χ3n) is 3.46. The van der Waals surface area contributed by atoms with Gasteiger partial charge in [-0.25, -0.2) is 4.79 Å². The van der Waals surface area contributed by atoms with Crippen molar-refractivity contribution in [1.29, 1.82) is 0 Å². The molecule has 3 heteroatoms. The van der Waals surface area contributed by atoms with E-state index in [-0.39, 0.29) is 5.41 Å². The van der Waals surface area contributed by atoms with Crippen LogP contribution in [0.25, 0.3) is 0 Å². The quantitative estimate of drug-likeness (QED) is 0.827. The molecule has 2 aromatic rings. The normalized spacial score (nSPS) is 11.3. The van der Waals surface area contributed by atoms with Gasteiger partial charge in [0, 0.05) is 11.1 Å². The highest BCUT2D eigenvalue weighted by Crippen LogP contribution is 2.32. The Morgan fingerprint density at radius 3 is 2.21 bits per heavy atom. The highest BCUT2D eigenvalue weighted by molar-refractivity contribution is 5.87. The summed E-state index contributed by atoms with van der Waals surface area (Å²) in [5, 5.41) is 8.92. The Bertz CT molecular complexity index is 600. The molecule has 2 rings (SSSR count). The van der Waals surface area contributed by atoms with Crippen molar-refractivity contribution in [1.82, 2.24) is 0 Å². The molecule has 0 saturated carbocycles. The van der Waals surface area contributed by atoms with E-state index in [9.17, 15) is 4.79 Å². The van der Waals surface area contributed by atoms with Crippen molar-refractivity contribution in [3.8, 4) is 0 Å². The van der Waals surface area contributed by atoms with Crippen LogP contribution in [0.1, 0.15) is 35.3 Å². The van der Waals surface area contributed by atoms with Gasteiger partial charge in [0.2, 0.25) is 0 Å². The maximum Gasteiger partial charge on any atom is 0.335 e. The Kier molecular flexibility index (Phi) is 3.30. The number of hydrogen-bond donors (Lipinski definition) is 2. The SMILES string of the molecule is CC(C)(c1ccc(C(=O)O)cc1)c1cccc(N)c1. The molecule has 3 nitrogen and oxygen atoms in total. The third-order valence-corrected chi connectivity index (χ3v) is 3.46. The molecule has 0 heterocycles. The van der Waals surface area contributed by atoms with Crippen molar-refractivity contribution in [3.63, 3.8) is 0 Å². The maximum absolute atomic E-state index is 10.9. The summed E-state index contributed by atoms with van der Waals surface area (Å²) in [6.45, 7) is 4.19. The minimum atomic E-state index is -0.909. The molecular formula is C16H17NO2. The lowest BCUT2D eigenvalue weighted by atomic mass is 9.78. The Morgan fingerprint density at radius 1 is 1.05 bits per heavy atom. The number of benzene rings is 2. The fourth-order valence-electron chi connectivity index (χ4n) is 2.12. The molecule has 0 atom stereocenters. The summed E-state index contributed by atoms with van der Waals surface area (Å²) in [6.07, 6.45) is 0. The Morgan fingerprint density at radius 2 is 1.68 bits per heavy atom. The van der Waals surface area contributed by atoms with E-state index in [4.69, 9.17) is 10.8 Å². The summed E-state index contributed by atoms with van der Waals surface area (Å²) in [6, 6.07) is 14.7. The Labute approximate surface area is 112 Å². The van der Waals surface area contributed by atoms with E-state index < -0.39 is 5.97 Å². The van der Waals surface area contributed by atoms with Gasteiger partial charge in [0.1, 0.15) is 0 Å². The van der Waals surface area contributed by atoms with Crippen LogP contribution in [0.5, 0.6) is 0 Å². The number of aromatic carboxylic acids is 1. The van der Waals surface area contributed by atoms with Crippen LogP contribution in [0.15, 0.2) is 48.5 Å². The van der Waals surface area contributed by atoms with Crippen LogP contribution >= 0.6 is 0 Å². The highest BCUT2D eigenvalue weighted by atomic mass is 16.4. The van der Waals surface area contributed by atoms with Gasteiger partial charge < -0.3 is 10.8 Å². The van der Waals surface area contributed by atoms with Crippen molar-refractivity contribution in [2.45, 2.75) is 19.3 Å². The first-order valence-corrected chi connectivity index (χ1v) is 6.11. The number of nitrogen functional groups attached to an aromatic ring is 1. The molecular weight excluding hydrogens is 238 g/mol. The van der Waals surface area contributed by atoms with E-state index in [0.29, 0.717) is 5.56 Å². The van der Waals surface area contributed by atoms with E-state index >= 15 is 0 Å².